The van der Waals surface area contributed by atoms with Crippen molar-refractivity contribution in [2.24, 2.45) is 5.84 Å². The number of hydrazine groups is 1. The molecule has 12 heteroatoms. The second-order valence-electron chi connectivity index (χ2n) is 8.88. The fourth-order valence-electron chi connectivity index (χ4n) is 4.26. The van der Waals surface area contributed by atoms with E-state index >= 15 is 0 Å². The summed E-state index contributed by atoms with van der Waals surface area (Å²) in [5, 5.41) is 7.90. The molecule has 0 radical (unpaired) electrons. The molecule has 9 nitrogen and oxygen atoms in total. The zero-order valence-corrected chi connectivity index (χ0v) is 20.7. The Hall–Kier alpha value is -3.87. The third-order valence-electron chi connectivity index (χ3n) is 6.40. The average molecular weight is 527 g/mol. The molecule has 3 N–H and O–H groups in total. The molecular formula is C25H24F2N6O3S. The van der Waals surface area contributed by atoms with Crippen molar-refractivity contribution in [3.8, 4) is 0 Å². The molecule has 0 aliphatic carbocycles. The number of anilines is 2. The Morgan fingerprint density at radius 1 is 0.946 bits per heavy atom. The zero-order chi connectivity index (χ0) is 26.3. The Bertz CT molecular complexity index is 1560. The molecule has 4 aromatic rings. The number of piperazine rings is 1. The maximum absolute atomic E-state index is 13.7. The van der Waals surface area contributed by atoms with Gasteiger partial charge in [0, 0.05) is 48.9 Å². The van der Waals surface area contributed by atoms with Gasteiger partial charge in [0.25, 0.3) is 5.91 Å². The van der Waals surface area contributed by atoms with Crippen LogP contribution < -0.4 is 15.8 Å². The van der Waals surface area contributed by atoms with Gasteiger partial charge in [0.2, 0.25) is 9.84 Å². The number of carbonyl (C=O) groups excluding carboxylic acids is 1. The lowest BCUT2D eigenvalue weighted by Crippen LogP contribution is -2.44. The van der Waals surface area contributed by atoms with Crippen LogP contribution in [0.4, 0.5) is 20.3 Å². The molecule has 2 heterocycles. The van der Waals surface area contributed by atoms with E-state index in [-0.39, 0.29) is 16.1 Å². The second-order valence-corrected chi connectivity index (χ2v) is 10.8. The number of nitrogens with zero attached hydrogens (tertiary/aromatic N) is 4. The van der Waals surface area contributed by atoms with Gasteiger partial charge < -0.3 is 9.80 Å². The highest BCUT2D eigenvalue weighted by atomic mass is 32.2. The van der Waals surface area contributed by atoms with Crippen LogP contribution >= 0.6 is 0 Å². The van der Waals surface area contributed by atoms with Crippen LogP contribution in [0.15, 0.2) is 70.5 Å². The molecule has 1 saturated heterocycles. The van der Waals surface area contributed by atoms with E-state index in [1.54, 1.807) is 12.1 Å². The summed E-state index contributed by atoms with van der Waals surface area (Å²) in [6.07, 6.45) is 0. The minimum absolute atomic E-state index is 0.00520. The van der Waals surface area contributed by atoms with E-state index in [4.69, 9.17) is 5.84 Å². The number of benzene rings is 3. The van der Waals surface area contributed by atoms with E-state index in [1.807, 2.05) is 12.1 Å². The van der Waals surface area contributed by atoms with Gasteiger partial charge in [-0.15, -0.1) is 0 Å². The number of hydrogen-bond acceptors (Lipinski definition) is 7. The van der Waals surface area contributed by atoms with Crippen LogP contribution in [0.3, 0.4) is 0 Å². The number of amides is 1. The molecule has 0 unspecified atom stereocenters. The van der Waals surface area contributed by atoms with Crippen LogP contribution in [-0.4, -0.2) is 62.6 Å². The van der Waals surface area contributed by atoms with Crippen molar-refractivity contribution in [3.63, 3.8) is 0 Å². The first-order valence-corrected chi connectivity index (χ1v) is 12.9. The van der Waals surface area contributed by atoms with Crippen molar-refractivity contribution in [1.82, 2.24) is 15.1 Å². The smallest absolute Gasteiger partial charge is 0.273 e. The lowest BCUT2D eigenvalue weighted by molar-refractivity contribution is 0.0986. The van der Waals surface area contributed by atoms with Gasteiger partial charge in [-0.2, -0.15) is 5.10 Å². The summed E-state index contributed by atoms with van der Waals surface area (Å²) in [7, 11) is -2.18. The highest BCUT2D eigenvalue weighted by molar-refractivity contribution is 7.91. The molecule has 0 atom stereocenters. The monoisotopic (exact) mass is 526 g/mol. The fraction of sp³-hybridized carbons (Fsp3) is 0.200. The van der Waals surface area contributed by atoms with Crippen LogP contribution in [0.25, 0.3) is 10.9 Å². The number of nitrogens with one attached hydrogen (secondary N) is 1. The molecule has 1 fully saturated rings. The predicted molar refractivity (Wildman–Crippen MR) is 135 cm³/mol. The maximum Gasteiger partial charge on any atom is 0.273 e. The van der Waals surface area contributed by atoms with Crippen molar-refractivity contribution in [2.45, 2.75) is 9.79 Å². The van der Waals surface area contributed by atoms with Crippen molar-refractivity contribution < 1.29 is 22.0 Å². The van der Waals surface area contributed by atoms with Gasteiger partial charge in [-0.05, 0) is 61.6 Å². The quantitative estimate of drug-likeness (QED) is 0.233. The summed E-state index contributed by atoms with van der Waals surface area (Å²) < 4.78 is 53.4. The van der Waals surface area contributed by atoms with E-state index in [2.05, 4.69) is 27.0 Å². The summed E-state index contributed by atoms with van der Waals surface area (Å²) in [5.74, 6) is 3.56. The molecule has 37 heavy (non-hydrogen) atoms. The molecule has 0 bridgehead atoms. The number of nitrogens with two attached hydrogens (primary N) is 1. The summed E-state index contributed by atoms with van der Waals surface area (Å²) in [6.45, 7) is 3.68. The third-order valence-corrected chi connectivity index (χ3v) is 8.13. The average Bonchev–Trinajstić information content (AvgIpc) is 3.31. The van der Waals surface area contributed by atoms with Crippen molar-refractivity contribution in [1.29, 1.82) is 0 Å². The van der Waals surface area contributed by atoms with E-state index in [1.165, 1.54) is 18.2 Å². The molecule has 1 aliphatic rings. The van der Waals surface area contributed by atoms with Gasteiger partial charge in [0.15, 0.2) is 5.82 Å². The van der Waals surface area contributed by atoms with Crippen LogP contribution in [-0.2, 0) is 9.84 Å². The Morgan fingerprint density at radius 2 is 1.59 bits per heavy atom. The first kappa shape index (κ1) is 24.8. The van der Waals surface area contributed by atoms with E-state index in [0.29, 0.717) is 17.1 Å². The first-order valence-electron chi connectivity index (χ1n) is 11.5. The molecule has 3 aromatic carbocycles. The number of aromatic amines is 1. The van der Waals surface area contributed by atoms with Crippen LogP contribution in [0.5, 0.6) is 0 Å². The van der Waals surface area contributed by atoms with Gasteiger partial charge in [-0.3, -0.25) is 9.89 Å². The standard InChI is InChI=1S/C25H24F2N6O3S/c1-31-8-10-32(11-9-31)19-4-2-16(3-5-19)25(34)33(28)24-22-15-20(6-7-23(22)29-30-24)37(35,36)21-13-17(26)12-18(27)14-21/h2-7,12-15H,8-11,28H2,1H3,(H,29,30). The maximum atomic E-state index is 13.7. The summed E-state index contributed by atoms with van der Waals surface area (Å²) in [4.78, 5) is 16.8. The molecule has 0 spiro atoms. The fourth-order valence-corrected chi connectivity index (χ4v) is 5.59. The van der Waals surface area contributed by atoms with E-state index in [9.17, 15) is 22.0 Å². The van der Waals surface area contributed by atoms with Gasteiger partial charge in [-0.25, -0.2) is 28.1 Å². The number of sulfone groups is 1. The second kappa shape index (κ2) is 9.54. The molecule has 5 rings (SSSR count). The first-order chi connectivity index (χ1) is 17.6. The summed E-state index contributed by atoms with van der Waals surface area (Å²) in [5.41, 5.74) is 1.76. The van der Waals surface area contributed by atoms with Gasteiger partial charge in [-0.1, -0.05) is 0 Å². The number of likely N-dealkylation sites (N-methyl/N-ethyl adjacent to an activating group) is 1. The van der Waals surface area contributed by atoms with Crippen molar-refractivity contribution in [3.05, 3.63) is 77.9 Å². The van der Waals surface area contributed by atoms with Crippen LogP contribution in [0.1, 0.15) is 10.4 Å². The Labute approximate surface area is 212 Å². The largest absolute Gasteiger partial charge is 0.369 e. The molecule has 1 amide bonds. The number of rotatable bonds is 5. The molecule has 1 aromatic heterocycles. The van der Waals surface area contributed by atoms with Gasteiger partial charge in [0.1, 0.15) is 11.6 Å². The number of aromatic nitrogens is 2. The molecule has 1 aliphatic heterocycles. The lowest BCUT2D eigenvalue weighted by atomic mass is 10.1. The SMILES string of the molecule is CN1CCN(c2ccc(C(=O)N(N)c3n[nH]c4ccc(S(=O)(=O)c5cc(F)cc(F)c5)cc34)cc2)CC1. The Kier molecular flexibility index (Phi) is 6.40. The third kappa shape index (κ3) is 4.78. The lowest BCUT2D eigenvalue weighted by Gasteiger charge is -2.34. The highest BCUT2D eigenvalue weighted by Crippen LogP contribution is 2.30. The normalized spacial score (nSPS) is 14.8. The van der Waals surface area contributed by atoms with Gasteiger partial charge >= 0.3 is 0 Å². The van der Waals surface area contributed by atoms with Crippen molar-refractivity contribution >= 4 is 38.2 Å². The van der Waals surface area contributed by atoms with Crippen molar-refractivity contribution in [2.75, 3.05) is 43.1 Å². The van der Waals surface area contributed by atoms with Gasteiger partial charge in [0.05, 0.1) is 15.3 Å². The molecule has 192 valence electrons. The number of halogens is 2. The molecule has 0 saturated carbocycles. The van der Waals surface area contributed by atoms with E-state index in [0.717, 1.165) is 49.0 Å². The number of carbonyl (C=O) groups is 1. The Morgan fingerprint density at radius 3 is 2.24 bits per heavy atom. The summed E-state index contributed by atoms with van der Waals surface area (Å²) >= 11 is 0. The topological polar surface area (TPSA) is 116 Å². The van der Waals surface area contributed by atoms with E-state index < -0.39 is 32.3 Å². The summed E-state index contributed by atoms with van der Waals surface area (Å²) in [6, 6.07) is 13.1. The predicted octanol–water partition coefficient (Wildman–Crippen LogP) is 2.95. The highest BCUT2D eigenvalue weighted by Gasteiger charge is 2.24. The minimum atomic E-state index is -4.26. The minimum Gasteiger partial charge on any atom is -0.369 e. The van der Waals surface area contributed by atoms with Crippen LogP contribution in [0, 0.1) is 11.6 Å². The molecular weight excluding hydrogens is 502 g/mol. The Balaban J connectivity index is 1.42. The number of hydrogen-bond donors (Lipinski definition) is 2. The zero-order valence-electron chi connectivity index (χ0n) is 19.9. The van der Waals surface area contributed by atoms with Crippen LogP contribution in [0.2, 0.25) is 0 Å². The number of fused-ring (bicyclic) bond motifs is 1. The number of H-pyrrole nitrogens is 1.